The van der Waals surface area contributed by atoms with E-state index in [0.29, 0.717) is 0 Å². The number of benzene rings is 1. The van der Waals surface area contributed by atoms with Gasteiger partial charge in [-0.05, 0) is 37.5 Å². The largest absolute Gasteiger partial charge is 0.361 e. The molecule has 1 unspecified atom stereocenters. The molecule has 3 rings (SSSR count). The van der Waals surface area contributed by atoms with Crippen LogP contribution in [-0.4, -0.2) is 16.9 Å². The lowest BCUT2D eigenvalue weighted by molar-refractivity contribution is 0.0943. The Bertz CT molecular complexity index is 597. The molecule has 1 aliphatic rings. The molecule has 1 atom stereocenters. The summed E-state index contributed by atoms with van der Waals surface area (Å²) in [7, 11) is 0. The fourth-order valence-corrected chi connectivity index (χ4v) is 2.46. The summed E-state index contributed by atoms with van der Waals surface area (Å²) < 4.78 is 0. The lowest BCUT2D eigenvalue weighted by Crippen LogP contribution is -2.34. The Morgan fingerprint density at radius 2 is 2.28 bits per heavy atom. The van der Waals surface area contributed by atoms with Crippen LogP contribution in [0.25, 0.3) is 10.9 Å². The molecule has 1 amide bonds. The molecule has 2 aromatic rings. The third-order valence-corrected chi connectivity index (χ3v) is 3.41. The minimum absolute atomic E-state index is 0.0109. The monoisotopic (exact) mass is 240 g/mol. The third kappa shape index (κ3) is 2.04. The van der Waals surface area contributed by atoms with Crippen molar-refractivity contribution in [2.45, 2.75) is 25.3 Å². The van der Waals surface area contributed by atoms with E-state index >= 15 is 0 Å². The second-order valence-corrected chi connectivity index (χ2v) is 4.68. The maximum Gasteiger partial charge on any atom is 0.252 e. The fourth-order valence-electron chi connectivity index (χ4n) is 2.46. The lowest BCUT2D eigenvalue weighted by Gasteiger charge is -2.18. The van der Waals surface area contributed by atoms with E-state index in [4.69, 9.17) is 0 Å². The van der Waals surface area contributed by atoms with Crippen LogP contribution >= 0.6 is 0 Å². The lowest BCUT2D eigenvalue weighted by atomic mass is 10.0. The van der Waals surface area contributed by atoms with Gasteiger partial charge in [0.15, 0.2) is 0 Å². The highest BCUT2D eigenvalue weighted by Crippen LogP contribution is 2.18. The molecule has 92 valence electrons. The number of carbonyl (C=O) groups excluding carboxylic acids is 1. The smallest absolute Gasteiger partial charge is 0.252 e. The average Bonchev–Trinajstić information content (AvgIpc) is 2.87. The summed E-state index contributed by atoms with van der Waals surface area (Å²) in [5.74, 6) is 0.0109. The van der Waals surface area contributed by atoms with Gasteiger partial charge in [-0.1, -0.05) is 18.2 Å². The van der Waals surface area contributed by atoms with Gasteiger partial charge in [-0.25, -0.2) is 0 Å². The van der Waals surface area contributed by atoms with Gasteiger partial charge in [0.2, 0.25) is 0 Å². The topological polar surface area (TPSA) is 44.9 Å². The van der Waals surface area contributed by atoms with E-state index in [-0.39, 0.29) is 11.9 Å². The van der Waals surface area contributed by atoms with Gasteiger partial charge in [0.05, 0.1) is 0 Å². The Balaban J connectivity index is 1.85. The highest BCUT2D eigenvalue weighted by Gasteiger charge is 2.15. The Morgan fingerprint density at radius 1 is 1.33 bits per heavy atom. The minimum Gasteiger partial charge on any atom is -0.361 e. The van der Waals surface area contributed by atoms with Gasteiger partial charge in [0.1, 0.15) is 0 Å². The Morgan fingerprint density at radius 3 is 3.11 bits per heavy atom. The van der Waals surface area contributed by atoms with E-state index in [2.05, 4.69) is 22.5 Å². The zero-order chi connectivity index (χ0) is 12.4. The van der Waals surface area contributed by atoms with Gasteiger partial charge in [-0.15, -0.1) is 0 Å². The summed E-state index contributed by atoms with van der Waals surface area (Å²) >= 11 is 0. The molecule has 0 radical (unpaired) electrons. The van der Waals surface area contributed by atoms with Crippen LogP contribution in [0.4, 0.5) is 0 Å². The normalized spacial score (nSPS) is 19.0. The summed E-state index contributed by atoms with van der Waals surface area (Å²) in [5.41, 5.74) is 1.74. The number of rotatable bonds is 2. The van der Waals surface area contributed by atoms with Crippen molar-refractivity contribution in [3.8, 4) is 0 Å². The van der Waals surface area contributed by atoms with E-state index in [1.165, 1.54) is 0 Å². The molecule has 2 N–H and O–H groups in total. The number of H-pyrrole nitrogens is 1. The Hall–Kier alpha value is -2.03. The van der Waals surface area contributed by atoms with Gasteiger partial charge in [0, 0.05) is 28.7 Å². The fraction of sp³-hybridized carbons (Fsp3) is 0.267. The molecule has 1 heterocycles. The molecule has 0 aliphatic heterocycles. The van der Waals surface area contributed by atoms with Crippen LogP contribution in [0, 0.1) is 0 Å². The number of amides is 1. The first-order valence-electron chi connectivity index (χ1n) is 6.38. The molecule has 1 aliphatic carbocycles. The van der Waals surface area contributed by atoms with E-state index < -0.39 is 0 Å². The van der Waals surface area contributed by atoms with Crippen molar-refractivity contribution in [2.75, 3.05) is 0 Å². The van der Waals surface area contributed by atoms with Gasteiger partial charge >= 0.3 is 0 Å². The van der Waals surface area contributed by atoms with Crippen molar-refractivity contribution in [3.63, 3.8) is 0 Å². The number of fused-ring (bicyclic) bond motifs is 1. The van der Waals surface area contributed by atoms with Crippen LogP contribution < -0.4 is 5.32 Å². The third-order valence-electron chi connectivity index (χ3n) is 3.41. The number of hydrogen-bond acceptors (Lipinski definition) is 1. The van der Waals surface area contributed by atoms with Gasteiger partial charge in [-0.3, -0.25) is 4.79 Å². The molecule has 0 fully saturated rings. The summed E-state index contributed by atoms with van der Waals surface area (Å²) in [6.45, 7) is 0. The average molecular weight is 240 g/mol. The van der Waals surface area contributed by atoms with Crippen molar-refractivity contribution < 1.29 is 4.79 Å². The van der Waals surface area contributed by atoms with Gasteiger partial charge in [-0.2, -0.15) is 0 Å². The second kappa shape index (κ2) is 4.69. The van der Waals surface area contributed by atoms with Gasteiger partial charge < -0.3 is 10.3 Å². The van der Waals surface area contributed by atoms with Gasteiger partial charge in [0.25, 0.3) is 5.91 Å². The molecule has 18 heavy (non-hydrogen) atoms. The Kier molecular flexibility index (Phi) is 2.89. The van der Waals surface area contributed by atoms with Crippen molar-refractivity contribution >= 4 is 16.8 Å². The maximum absolute atomic E-state index is 12.3. The molecule has 3 heteroatoms. The SMILES string of the molecule is O=C(NC1C=CCCC1)c1cccc2[nH]ccc12. The predicted molar refractivity (Wildman–Crippen MR) is 72.5 cm³/mol. The molecule has 0 bridgehead atoms. The molecule has 1 aromatic heterocycles. The van der Waals surface area contributed by atoms with Crippen molar-refractivity contribution in [3.05, 3.63) is 48.2 Å². The first kappa shape index (κ1) is 11.1. The molecule has 0 spiro atoms. The number of nitrogens with one attached hydrogen (secondary N) is 2. The quantitative estimate of drug-likeness (QED) is 0.779. The molecular formula is C15H16N2O. The number of allylic oxidation sites excluding steroid dienone is 1. The zero-order valence-electron chi connectivity index (χ0n) is 10.1. The number of hydrogen-bond donors (Lipinski definition) is 2. The van der Waals surface area contributed by atoms with Crippen LogP contribution in [0.1, 0.15) is 29.6 Å². The maximum atomic E-state index is 12.3. The summed E-state index contributed by atoms with van der Waals surface area (Å²) in [5, 5.41) is 4.06. The van der Waals surface area contributed by atoms with E-state index in [0.717, 1.165) is 35.7 Å². The Labute approximate surface area is 106 Å². The molecule has 0 saturated carbocycles. The van der Waals surface area contributed by atoms with Crippen molar-refractivity contribution in [1.82, 2.24) is 10.3 Å². The molecule has 3 nitrogen and oxygen atoms in total. The first-order valence-corrected chi connectivity index (χ1v) is 6.38. The molecular weight excluding hydrogens is 224 g/mol. The summed E-state index contributed by atoms with van der Waals surface area (Å²) in [4.78, 5) is 15.4. The van der Waals surface area contributed by atoms with Crippen LogP contribution in [0.5, 0.6) is 0 Å². The van der Waals surface area contributed by atoms with Crippen LogP contribution in [-0.2, 0) is 0 Å². The van der Waals surface area contributed by atoms with E-state index in [9.17, 15) is 4.79 Å². The first-order chi connectivity index (χ1) is 8.84. The highest BCUT2D eigenvalue weighted by atomic mass is 16.1. The number of aromatic nitrogens is 1. The minimum atomic E-state index is 0.0109. The zero-order valence-corrected chi connectivity index (χ0v) is 10.1. The standard InChI is InChI=1S/C15H16N2O/c18-15(17-11-5-2-1-3-6-11)13-7-4-8-14-12(13)9-10-16-14/h2,4-5,7-11,16H,1,3,6H2,(H,17,18). The van der Waals surface area contributed by atoms with E-state index in [1.807, 2.05) is 30.5 Å². The summed E-state index contributed by atoms with van der Waals surface area (Å²) in [6, 6.07) is 7.89. The van der Waals surface area contributed by atoms with Crippen LogP contribution in [0.3, 0.4) is 0 Å². The predicted octanol–water partition coefficient (Wildman–Crippen LogP) is 3.01. The van der Waals surface area contributed by atoms with Crippen molar-refractivity contribution in [1.29, 1.82) is 0 Å². The summed E-state index contributed by atoms with van der Waals surface area (Å²) in [6.07, 6.45) is 9.41. The second-order valence-electron chi connectivity index (χ2n) is 4.68. The van der Waals surface area contributed by atoms with Crippen LogP contribution in [0.2, 0.25) is 0 Å². The van der Waals surface area contributed by atoms with Crippen molar-refractivity contribution in [2.24, 2.45) is 0 Å². The molecule has 1 aromatic carbocycles. The molecule has 0 saturated heterocycles. The van der Waals surface area contributed by atoms with Crippen LogP contribution in [0.15, 0.2) is 42.6 Å². The van der Waals surface area contributed by atoms with E-state index in [1.54, 1.807) is 0 Å². The number of aromatic amines is 1. The highest BCUT2D eigenvalue weighted by molar-refractivity contribution is 6.06. The number of carbonyl (C=O) groups is 1.